The summed E-state index contributed by atoms with van der Waals surface area (Å²) in [5.41, 5.74) is 18.0. The number of amides is 2. The van der Waals surface area contributed by atoms with Gasteiger partial charge in [0.25, 0.3) is 0 Å². The molecule has 490 valence electrons. The van der Waals surface area contributed by atoms with E-state index in [0.29, 0.717) is 32.5 Å². The summed E-state index contributed by atoms with van der Waals surface area (Å²) in [5, 5.41) is 22.0. The maximum atomic E-state index is 12.4. The Kier molecular flexibility index (Phi) is 26.4. The molecule has 16 heteroatoms. The highest BCUT2D eigenvalue weighted by atomic mass is 35.5. The standard InChI is InChI=1S/C29H30N2O2S.C24H22N2S.C17H22N2O2.C10H6N2S.ClH/c1-29(2,3)33-28(32)31-19-24(27-10-6-8-21-7-4-5-9-26(21)27)17-25(34)16-20-11-12-23-18-30-14-13-22(23)15-20;25-15-21(24-7-3-5-18-4-1-2-6-23(18)24)14-22(27)13-17-8-9-20-16-26-11-10-19(20)12-17;1-17(2,3)21-16(20)19-11-15(18)14-10-6-8-12-7-4-5-9-13(12)14;13-7-12-10-2-1-9-6-11-4-3-8(9)5-10;/h4-15,18,24H,16-17,19H2,1-3H3,(H,31,32);1-12,16,21H,13-15,25H2;4-10,15H,11,18H2,1-3H3,(H,19,20);1-6H;1H. The fraction of sp³-hybridized carbons (Fsp3) is 0.225. The molecule has 0 spiro atoms. The molecule has 0 aliphatic heterocycles. The third-order valence-electron chi connectivity index (χ3n) is 15.8. The van der Waals surface area contributed by atoms with Gasteiger partial charge in [0, 0.05) is 97.1 Å². The van der Waals surface area contributed by atoms with Gasteiger partial charge in [0.1, 0.15) is 11.2 Å². The molecule has 0 bridgehead atoms. The van der Waals surface area contributed by atoms with E-state index in [1.807, 2.05) is 164 Å². The maximum Gasteiger partial charge on any atom is 0.407 e. The van der Waals surface area contributed by atoms with Crippen molar-refractivity contribution >= 4 is 146 Å². The first-order chi connectivity index (χ1) is 45.8. The van der Waals surface area contributed by atoms with Gasteiger partial charge >= 0.3 is 12.2 Å². The zero-order valence-electron chi connectivity index (χ0n) is 54.9. The predicted octanol–water partition coefficient (Wildman–Crippen LogP) is 19.2. The van der Waals surface area contributed by atoms with E-state index in [2.05, 4.69) is 157 Å². The number of nitrogens with two attached hydrogens (primary N) is 2. The molecule has 0 fully saturated rings. The lowest BCUT2D eigenvalue weighted by molar-refractivity contribution is 0.0513. The molecular formula is C80H81ClN8O4S3. The van der Waals surface area contributed by atoms with Crippen LogP contribution >= 0.6 is 49.1 Å². The summed E-state index contributed by atoms with van der Waals surface area (Å²) in [7, 11) is 0. The van der Waals surface area contributed by atoms with Gasteiger partial charge in [-0.15, -0.1) is 12.4 Å². The first-order valence-electron chi connectivity index (χ1n) is 31.7. The summed E-state index contributed by atoms with van der Waals surface area (Å²) in [6.45, 7) is 12.5. The van der Waals surface area contributed by atoms with Crippen LogP contribution in [0.25, 0.3) is 64.6 Å². The molecule has 9 aromatic carbocycles. The van der Waals surface area contributed by atoms with Crippen molar-refractivity contribution in [3.63, 3.8) is 0 Å². The number of isothiocyanates is 1. The minimum Gasteiger partial charge on any atom is -0.444 e. The van der Waals surface area contributed by atoms with Crippen LogP contribution < -0.4 is 22.1 Å². The Bertz CT molecular complexity index is 4690. The number of nitrogens with zero attached hydrogens (tertiary/aromatic N) is 4. The van der Waals surface area contributed by atoms with E-state index in [0.717, 1.165) is 71.5 Å². The van der Waals surface area contributed by atoms with Crippen LogP contribution in [0.5, 0.6) is 0 Å². The van der Waals surface area contributed by atoms with E-state index >= 15 is 0 Å². The molecule has 0 saturated carbocycles. The number of ether oxygens (including phenoxy) is 2. The Morgan fingerprint density at radius 1 is 0.479 bits per heavy atom. The van der Waals surface area contributed by atoms with Crippen LogP contribution in [0, 0.1) is 0 Å². The second-order valence-electron chi connectivity index (χ2n) is 25.3. The van der Waals surface area contributed by atoms with Gasteiger partial charge in [0.15, 0.2) is 0 Å². The van der Waals surface area contributed by atoms with Crippen molar-refractivity contribution in [3.8, 4) is 0 Å². The van der Waals surface area contributed by atoms with Gasteiger partial charge in [-0.25, -0.2) is 9.59 Å². The van der Waals surface area contributed by atoms with Crippen LogP contribution in [0.1, 0.15) is 100 Å². The molecule has 2 amide bonds. The number of fused-ring (bicyclic) bond motifs is 6. The second kappa shape index (κ2) is 34.9. The number of rotatable bonds is 17. The van der Waals surface area contributed by atoms with Gasteiger partial charge in [-0.1, -0.05) is 194 Å². The van der Waals surface area contributed by atoms with Gasteiger partial charge in [-0.3, -0.25) is 15.0 Å². The normalized spacial score (nSPS) is 12.0. The highest BCUT2D eigenvalue weighted by Crippen LogP contribution is 2.32. The Labute approximate surface area is 584 Å². The van der Waals surface area contributed by atoms with Gasteiger partial charge in [0.05, 0.1) is 10.8 Å². The van der Waals surface area contributed by atoms with Crippen molar-refractivity contribution in [3.05, 3.63) is 265 Å². The molecule has 0 radical (unpaired) electrons. The van der Waals surface area contributed by atoms with Gasteiger partial charge < -0.3 is 31.6 Å². The molecule has 3 unspecified atom stereocenters. The zero-order valence-corrected chi connectivity index (χ0v) is 58.2. The topological polar surface area (TPSA) is 180 Å². The summed E-state index contributed by atoms with van der Waals surface area (Å²) in [6.07, 6.45) is 13.1. The summed E-state index contributed by atoms with van der Waals surface area (Å²) >= 11 is 16.2. The number of halogens is 1. The van der Waals surface area contributed by atoms with E-state index in [-0.39, 0.29) is 30.3 Å². The lowest BCUT2D eigenvalue weighted by atomic mass is 9.88. The number of benzene rings is 9. The van der Waals surface area contributed by atoms with Gasteiger partial charge in [0.2, 0.25) is 0 Å². The number of hydrogen-bond donors (Lipinski definition) is 4. The lowest BCUT2D eigenvalue weighted by Gasteiger charge is -2.23. The number of alkyl carbamates (subject to hydrolysis) is 2. The van der Waals surface area contributed by atoms with Crippen LogP contribution in [0.15, 0.2) is 242 Å². The first-order valence-corrected chi connectivity index (χ1v) is 32.9. The summed E-state index contributed by atoms with van der Waals surface area (Å²) < 4.78 is 10.7. The molecule has 3 atom stereocenters. The molecule has 96 heavy (non-hydrogen) atoms. The third kappa shape index (κ3) is 21.4. The van der Waals surface area contributed by atoms with Crippen LogP contribution in [0.2, 0.25) is 0 Å². The highest BCUT2D eigenvalue weighted by Gasteiger charge is 2.22. The Morgan fingerprint density at radius 2 is 0.865 bits per heavy atom. The number of aliphatic imine (C=N–C) groups is 1. The third-order valence-corrected chi connectivity index (χ3v) is 16.5. The molecule has 12 nitrogen and oxygen atoms in total. The fourth-order valence-corrected chi connectivity index (χ4v) is 12.2. The van der Waals surface area contributed by atoms with Crippen molar-refractivity contribution in [2.75, 3.05) is 19.6 Å². The minimum atomic E-state index is -0.542. The Hall–Kier alpha value is -9.28. The Balaban J connectivity index is 0.000000171. The van der Waals surface area contributed by atoms with Crippen LogP contribution in [0.3, 0.4) is 0 Å². The number of carbonyl (C=O) groups is 2. The molecule has 0 saturated heterocycles. The second-order valence-corrected chi connectivity index (χ2v) is 26.6. The number of aromatic nitrogens is 3. The molecule has 12 aromatic rings. The predicted molar refractivity (Wildman–Crippen MR) is 411 cm³/mol. The average molecular weight is 1350 g/mol. The van der Waals surface area contributed by atoms with E-state index < -0.39 is 23.4 Å². The minimum absolute atomic E-state index is 0. The summed E-state index contributed by atoms with van der Waals surface area (Å²) in [4.78, 5) is 42.3. The quantitative estimate of drug-likeness (QED) is 0.0501. The van der Waals surface area contributed by atoms with Crippen LogP contribution in [-0.2, 0) is 22.3 Å². The van der Waals surface area contributed by atoms with E-state index in [9.17, 15) is 9.59 Å². The largest absolute Gasteiger partial charge is 0.444 e. The number of carbonyl (C=O) groups excluding carboxylic acids is 2. The number of pyridine rings is 3. The molecule has 3 aromatic heterocycles. The van der Waals surface area contributed by atoms with Crippen molar-refractivity contribution in [1.29, 1.82) is 0 Å². The van der Waals surface area contributed by atoms with Crippen molar-refractivity contribution in [2.24, 2.45) is 16.5 Å². The highest BCUT2D eigenvalue weighted by molar-refractivity contribution is 7.80. The van der Waals surface area contributed by atoms with E-state index in [1.54, 1.807) is 6.20 Å². The van der Waals surface area contributed by atoms with Gasteiger partial charge in [-0.2, -0.15) is 4.99 Å². The van der Waals surface area contributed by atoms with E-state index in [4.69, 9.17) is 45.4 Å². The number of hydrogen-bond acceptors (Lipinski definition) is 13. The Morgan fingerprint density at radius 3 is 1.31 bits per heavy atom. The molecule has 0 aliphatic rings. The first kappa shape index (κ1) is 72.5. The molecule has 0 aliphatic carbocycles. The fourth-order valence-electron chi connectivity index (χ4n) is 11.4. The van der Waals surface area contributed by atoms with Gasteiger partial charge in [-0.05, 0) is 190 Å². The van der Waals surface area contributed by atoms with Crippen molar-refractivity contribution in [1.82, 2.24) is 25.6 Å². The number of thiocarbonyl (C=S) groups is 3. The lowest BCUT2D eigenvalue weighted by Crippen LogP contribution is -2.36. The van der Waals surface area contributed by atoms with E-state index in [1.165, 1.54) is 49.2 Å². The molecule has 3 heterocycles. The molecule has 12 rings (SSSR count). The summed E-state index contributed by atoms with van der Waals surface area (Å²) in [6, 6.07) is 68.0. The molecule has 6 N–H and O–H groups in total. The summed E-state index contributed by atoms with van der Waals surface area (Å²) in [5.74, 6) is 0.282. The van der Waals surface area contributed by atoms with Crippen molar-refractivity contribution < 1.29 is 19.1 Å². The van der Waals surface area contributed by atoms with Crippen LogP contribution in [-0.4, -0.2) is 72.9 Å². The average Bonchev–Trinajstić information content (AvgIpc) is 0.868. The number of nitrogens with one attached hydrogen (secondary N) is 2. The van der Waals surface area contributed by atoms with Crippen molar-refractivity contribution in [2.45, 2.75) is 96.3 Å². The zero-order chi connectivity index (χ0) is 67.3. The monoisotopic (exact) mass is 1350 g/mol. The maximum absolute atomic E-state index is 12.4. The molecular weight excluding hydrogens is 1270 g/mol. The SMILES string of the molecule is CC(C)(C)OC(=O)NCC(CC(=S)Cc1ccc2cnccc2c1)c1cccc2ccccc12.CC(C)(C)OC(=O)NCC(N)c1cccc2ccccc12.Cl.NCC(CC(=S)Cc1ccc2cnccc2c1)c1cccc2ccccc12.S=C=Nc1ccc2cnccc2c1. The smallest absolute Gasteiger partial charge is 0.407 e. The van der Waals surface area contributed by atoms with Crippen LogP contribution in [0.4, 0.5) is 15.3 Å².